The molecule has 2 aromatic heterocycles. The lowest BCUT2D eigenvalue weighted by atomic mass is 9.92. The molecule has 0 bridgehead atoms. The third-order valence-electron chi connectivity index (χ3n) is 5.75. The molecular weight excluding hydrogens is 547 g/mol. The molecule has 0 radical (unpaired) electrons. The molecule has 0 aliphatic rings. The van der Waals surface area contributed by atoms with Gasteiger partial charge in [0.2, 0.25) is 0 Å². The third-order valence-corrected chi connectivity index (χ3v) is 6.01. The minimum atomic E-state index is -5.80. The minimum absolute atomic E-state index is 0.00235. The van der Waals surface area contributed by atoms with E-state index in [9.17, 15) is 40.6 Å². The molecule has 2 N–H and O–H groups in total. The van der Waals surface area contributed by atoms with E-state index in [-0.39, 0.29) is 27.8 Å². The SMILES string of the molecule is Cc1cc(OCc2c(F)cccc2F)c2nc(Cl)c(C(=O)NC(CCC(F)(F)C(F)(F)F)C(C)(C)O)n2c1. The fourth-order valence-electron chi connectivity index (χ4n) is 3.64. The van der Waals surface area contributed by atoms with Crippen LogP contribution in [0, 0.1) is 18.6 Å². The largest absolute Gasteiger partial charge is 0.485 e. The van der Waals surface area contributed by atoms with Gasteiger partial charge in [0.05, 0.1) is 17.2 Å². The summed E-state index contributed by atoms with van der Waals surface area (Å²) in [4.78, 5) is 17.1. The molecule has 208 valence electrons. The number of imidazole rings is 1. The van der Waals surface area contributed by atoms with Gasteiger partial charge in [-0.05, 0) is 51.0 Å². The van der Waals surface area contributed by atoms with E-state index < -0.39 is 60.7 Å². The van der Waals surface area contributed by atoms with Gasteiger partial charge in [0.25, 0.3) is 5.91 Å². The molecule has 6 nitrogen and oxygen atoms in total. The molecule has 2 heterocycles. The van der Waals surface area contributed by atoms with Gasteiger partial charge >= 0.3 is 12.1 Å². The Labute approximate surface area is 217 Å². The van der Waals surface area contributed by atoms with Crippen LogP contribution in [-0.2, 0) is 6.61 Å². The summed E-state index contributed by atoms with van der Waals surface area (Å²) in [5.74, 6) is -7.75. The van der Waals surface area contributed by atoms with Crippen molar-refractivity contribution < 1.29 is 45.4 Å². The first kappa shape index (κ1) is 29.5. The van der Waals surface area contributed by atoms with E-state index in [1.165, 1.54) is 22.7 Å². The van der Waals surface area contributed by atoms with Crippen LogP contribution in [-0.4, -0.2) is 44.1 Å². The molecule has 38 heavy (non-hydrogen) atoms. The molecule has 14 heteroatoms. The van der Waals surface area contributed by atoms with Crippen LogP contribution in [0.3, 0.4) is 0 Å². The first-order valence-electron chi connectivity index (χ1n) is 11.1. The van der Waals surface area contributed by atoms with Crippen molar-refractivity contribution in [2.45, 2.75) is 64.0 Å². The number of ether oxygens (including phenoxy) is 1. The molecule has 3 aromatic rings. The lowest BCUT2D eigenvalue weighted by Gasteiger charge is -2.31. The van der Waals surface area contributed by atoms with E-state index in [2.05, 4.69) is 10.3 Å². The number of aryl methyl sites for hydroxylation is 1. The number of aromatic nitrogens is 2. The molecule has 1 amide bonds. The zero-order valence-corrected chi connectivity index (χ0v) is 21.0. The van der Waals surface area contributed by atoms with E-state index in [0.29, 0.717) is 5.56 Å². The maximum Gasteiger partial charge on any atom is 0.453 e. The summed E-state index contributed by atoms with van der Waals surface area (Å²) in [6.45, 7) is 3.34. The maximum atomic E-state index is 14.0. The second-order valence-electron chi connectivity index (χ2n) is 9.24. The molecule has 0 fully saturated rings. The van der Waals surface area contributed by atoms with Crippen LogP contribution >= 0.6 is 11.6 Å². The number of hydrogen-bond donors (Lipinski definition) is 2. The smallest absolute Gasteiger partial charge is 0.453 e. The summed E-state index contributed by atoms with van der Waals surface area (Å²) in [6.07, 6.45) is -6.99. The van der Waals surface area contributed by atoms with Gasteiger partial charge in [0.15, 0.2) is 22.2 Å². The number of nitrogens with zero attached hydrogens (tertiary/aromatic N) is 2. The van der Waals surface area contributed by atoms with E-state index in [4.69, 9.17) is 16.3 Å². The van der Waals surface area contributed by atoms with Gasteiger partial charge in [-0.25, -0.2) is 13.8 Å². The van der Waals surface area contributed by atoms with Crippen LogP contribution in [0.4, 0.5) is 30.7 Å². The zero-order chi connectivity index (χ0) is 28.6. The summed E-state index contributed by atoms with van der Waals surface area (Å²) >= 11 is 6.16. The predicted molar refractivity (Wildman–Crippen MR) is 123 cm³/mol. The normalized spacial score (nSPS) is 13.6. The van der Waals surface area contributed by atoms with Crippen molar-refractivity contribution in [3.63, 3.8) is 0 Å². The fraction of sp³-hybridized carbons (Fsp3) is 0.417. The second-order valence-corrected chi connectivity index (χ2v) is 9.59. The average molecular weight is 570 g/mol. The Bertz CT molecular complexity index is 1320. The Morgan fingerprint density at radius 2 is 1.79 bits per heavy atom. The topological polar surface area (TPSA) is 75.9 Å². The summed E-state index contributed by atoms with van der Waals surface area (Å²) in [5.41, 5.74) is -2.12. The number of benzene rings is 1. The standard InChI is InChI=1S/C24H23ClF7N3O3/c1-12-9-16(38-11-13-14(26)5-4-6-15(13)27)20-34-19(25)18(35(20)10-12)21(36)33-17(22(2,3)37)7-8-23(28,29)24(30,31)32/h4-6,9-10,17,37H,7-8,11H2,1-3H3,(H,33,36). The Kier molecular flexibility index (Phi) is 8.23. The number of aliphatic hydroxyl groups is 1. The first-order chi connectivity index (χ1) is 17.4. The lowest BCUT2D eigenvalue weighted by molar-refractivity contribution is -0.285. The van der Waals surface area contributed by atoms with Gasteiger partial charge in [-0.15, -0.1) is 0 Å². The second kappa shape index (κ2) is 10.6. The highest BCUT2D eigenvalue weighted by atomic mass is 35.5. The van der Waals surface area contributed by atoms with Crippen LogP contribution in [0.5, 0.6) is 5.75 Å². The monoisotopic (exact) mass is 569 g/mol. The number of carbonyl (C=O) groups is 1. The van der Waals surface area contributed by atoms with Crippen molar-refractivity contribution in [1.29, 1.82) is 0 Å². The quantitative estimate of drug-likeness (QED) is 0.310. The van der Waals surface area contributed by atoms with Crippen molar-refractivity contribution in [2.75, 3.05) is 0 Å². The molecule has 0 aliphatic carbocycles. The number of carbonyl (C=O) groups excluding carboxylic acids is 1. The van der Waals surface area contributed by atoms with Gasteiger partial charge < -0.3 is 15.2 Å². The van der Waals surface area contributed by atoms with Crippen LogP contribution in [0.25, 0.3) is 5.65 Å². The van der Waals surface area contributed by atoms with Gasteiger partial charge in [-0.1, -0.05) is 17.7 Å². The Hall–Kier alpha value is -3.06. The number of halogens is 8. The fourth-order valence-corrected chi connectivity index (χ4v) is 3.90. The number of nitrogens with one attached hydrogen (secondary N) is 1. The van der Waals surface area contributed by atoms with Gasteiger partial charge in [-0.3, -0.25) is 9.20 Å². The summed E-state index contributed by atoms with van der Waals surface area (Å²) in [6, 6.07) is 3.22. The van der Waals surface area contributed by atoms with Crippen molar-refractivity contribution in [1.82, 2.24) is 14.7 Å². The number of fused-ring (bicyclic) bond motifs is 1. The van der Waals surface area contributed by atoms with Crippen LogP contribution in [0.15, 0.2) is 30.5 Å². The van der Waals surface area contributed by atoms with Crippen molar-refractivity contribution in [3.8, 4) is 5.75 Å². The number of alkyl halides is 5. The number of rotatable bonds is 9. The summed E-state index contributed by atoms with van der Waals surface area (Å²) in [5, 5.41) is 12.2. The molecule has 0 spiro atoms. The summed E-state index contributed by atoms with van der Waals surface area (Å²) < 4.78 is 99.5. The highest BCUT2D eigenvalue weighted by Crippen LogP contribution is 2.39. The molecule has 1 unspecified atom stereocenters. The molecular formula is C24H23ClF7N3O3. The molecule has 1 atom stereocenters. The van der Waals surface area contributed by atoms with Gasteiger partial charge in [0, 0.05) is 12.6 Å². The Morgan fingerprint density at radius 1 is 1.18 bits per heavy atom. The molecule has 0 saturated carbocycles. The van der Waals surface area contributed by atoms with E-state index >= 15 is 0 Å². The van der Waals surface area contributed by atoms with Crippen LogP contribution < -0.4 is 10.1 Å². The predicted octanol–water partition coefficient (Wildman–Crippen LogP) is 6.00. The zero-order valence-electron chi connectivity index (χ0n) is 20.3. The maximum absolute atomic E-state index is 14.0. The summed E-state index contributed by atoms with van der Waals surface area (Å²) in [7, 11) is 0. The molecule has 0 aliphatic heterocycles. The van der Waals surface area contributed by atoms with E-state index in [1.807, 2.05) is 0 Å². The number of hydrogen-bond acceptors (Lipinski definition) is 4. The molecule has 0 saturated heterocycles. The highest BCUT2D eigenvalue weighted by molar-refractivity contribution is 6.32. The van der Waals surface area contributed by atoms with E-state index in [0.717, 1.165) is 26.0 Å². The number of amides is 1. The van der Waals surface area contributed by atoms with Crippen molar-refractivity contribution >= 4 is 23.2 Å². The first-order valence-corrected chi connectivity index (χ1v) is 11.5. The van der Waals surface area contributed by atoms with E-state index in [1.54, 1.807) is 6.92 Å². The van der Waals surface area contributed by atoms with Gasteiger partial charge in [-0.2, -0.15) is 22.0 Å². The Balaban J connectivity index is 1.91. The third kappa shape index (κ3) is 6.32. The molecule has 1 aromatic carbocycles. The highest BCUT2D eigenvalue weighted by Gasteiger charge is 2.57. The van der Waals surface area contributed by atoms with Crippen LogP contribution in [0.2, 0.25) is 5.15 Å². The average Bonchev–Trinajstić information content (AvgIpc) is 3.10. The van der Waals surface area contributed by atoms with Crippen LogP contribution in [0.1, 0.15) is 48.3 Å². The van der Waals surface area contributed by atoms with Gasteiger partial charge in [0.1, 0.15) is 18.2 Å². The van der Waals surface area contributed by atoms with Crippen molar-refractivity contribution in [3.05, 3.63) is 64.1 Å². The molecule has 3 rings (SSSR count). The Morgan fingerprint density at radius 3 is 2.34 bits per heavy atom. The number of pyridine rings is 1. The lowest BCUT2D eigenvalue weighted by Crippen LogP contribution is -2.50. The minimum Gasteiger partial charge on any atom is -0.485 e. The van der Waals surface area contributed by atoms with Crippen molar-refractivity contribution in [2.24, 2.45) is 0 Å².